The van der Waals surface area contributed by atoms with Crippen LogP contribution in [0.2, 0.25) is 0 Å². The third-order valence-corrected chi connectivity index (χ3v) is 2.47. The minimum Gasteiger partial charge on any atom is -0.396 e. The highest BCUT2D eigenvalue weighted by molar-refractivity contribution is 4.64. The van der Waals surface area contributed by atoms with Crippen LogP contribution in [0.3, 0.4) is 0 Å². The van der Waals surface area contributed by atoms with Gasteiger partial charge in [0.2, 0.25) is 0 Å². The van der Waals surface area contributed by atoms with Gasteiger partial charge in [0.05, 0.1) is 6.10 Å². The van der Waals surface area contributed by atoms with Gasteiger partial charge in [0.25, 0.3) is 0 Å². The average Bonchev–Trinajstić information content (AvgIpc) is 2.09. The normalized spacial score (nSPS) is 14.4. The summed E-state index contributed by atoms with van der Waals surface area (Å²) in [6.45, 7) is 7.08. The molecule has 1 N–H and O–H groups in total. The highest BCUT2D eigenvalue weighted by Gasteiger charge is 2.12. The Balaban J connectivity index is 3.52. The molecular weight excluding hydrogens is 176 g/mol. The lowest BCUT2D eigenvalue weighted by molar-refractivity contribution is 0.0766. The summed E-state index contributed by atoms with van der Waals surface area (Å²) in [7, 11) is 1.76. The van der Waals surface area contributed by atoms with Gasteiger partial charge in [-0.05, 0) is 31.1 Å². The molecule has 0 bridgehead atoms. The summed E-state index contributed by atoms with van der Waals surface area (Å²) < 4.78 is 5.36. The largest absolute Gasteiger partial charge is 0.396 e. The molecule has 0 saturated heterocycles. The van der Waals surface area contributed by atoms with Crippen LogP contribution in [0.1, 0.15) is 52.9 Å². The summed E-state index contributed by atoms with van der Waals surface area (Å²) in [5, 5.41) is 8.71. The maximum absolute atomic E-state index is 8.71. The molecule has 0 heterocycles. The fraction of sp³-hybridized carbons (Fsp3) is 1.00. The van der Waals surface area contributed by atoms with Crippen LogP contribution >= 0.6 is 0 Å². The van der Waals surface area contributed by atoms with Gasteiger partial charge in [-0.3, -0.25) is 0 Å². The molecule has 0 aromatic rings. The smallest absolute Gasteiger partial charge is 0.0572 e. The standard InChI is InChI=1S/C12H26O2/c1-12(2,3)9-5-7-11(14-4)8-6-10-13/h11,13H,5-10H2,1-4H3/t11-/m0/s1. The lowest BCUT2D eigenvalue weighted by Crippen LogP contribution is -2.13. The van der Waals surface area contributed by atoms with Crippen LogP contribution in [0.4, 0.5) is 0 Å². The van der Waals surface area contributed by atoms with Gasteiger partial charge >= 0.3 is 0 Å². The van der Waals surface area contributed by atoms with Gasteiger partial charge in [0.1, 0.15) is 0 Å². The molecular formula is C12H26O2. The maximum atomic E-state index is 8.71. The molecule has 0 rings (SSSR count). The van der Waals surface area contributed by atoms with Gasteiger partial charge in [-0.2, -0.15) is 0 Å². The number of methoxy groups -OCH3 is 1. The molecule has 0 aromatic heterocycles. The second kappa shape index (κ2) is 7.24. The number of ether oxygens (including phenoxy) is 1. The van der Waals surface area contributed by atoms with E-state index in [0.29, 0.717) is 11.5 Å². The second-order valence-corrected chi connectivity index (χ2v) is 5.18. The van der Waals surface area contributed by atoms with Crippen LogP contribution in [0, 0.1) is 5.41 Å². The second-order valence-electron chi connectivity index (χ2n) is 5.18. The van der Waals surface area contributed by atoms with Crippen molar-refractivity contribution in [2.45, 2.75) is 59.0 Å². The van der Waals surface area contributed by atoms with Gasteiger partial charge in [-0.1, -0.05) is 27.2 Å². The molecule has 86 valence electrons. The van der Waals surface area contributed by atoms with Gasteiger partial charge in [0, 0.05) is 13.7 Å². The Labute approximate surface area is 88.7 Å². The van der Waals surface area contributed by atoms with Crippen molar-refractivity contribution in [3.8, 4) is 0 Å². The predicted molar refractivity (Wildman–Crippen MR) is 60.4 cm³/mol. The number of hydrogen-bond acceptors (Lipinski definition) is 2. The summed E-state index contributed by atoms with van der Waals surface area (Å²) in [5.41, 5.74) is 0.426. The van der Waals surface area contributed by atoms with E-state index in [4.69, 9.17) is 9.84 Å². The van der Waals surface area contributed by atoms with Crippen LogP contribution in [0.5, 0.6) is 0 Å². The van der Waals surface area contributed by atoms with Gasteiger partial charge in [0.15, 0.2) is 0 Å². The molecule has 2 nitrogen and oxygen atoms in total. The molecule has 0 saturated carbocycles. The van der Waals surface area contributed by atoms with E-state index in [9.17, 15) is 0 Å². The van der Waals surface area contributed by atoms with Crippen molar-refractivity contribution in [3.63, 3.8) is 0 Å². The summed E-state index contributed by atoms with van der Waals surface area (Å²) in [6, 6.07) is 0. The van der Waals surface area contributed by atoms with Crippen LogP contribution in [0.25, 0.3) is 0 Å². The first-order chi connectivity index (χ1) is 6.49. The van der Waals surface area contributed by atoms with Crippen molar-refractivity contribution in [3.05, 3.63) is 0 Å². The van der Waals surface area contributed by atoms with Gasteiger partial charge in [-0.15, -0.1) is 0 Å². The van der Waals surface area contributed by atoms with Crippen molar-refractivity contribution in [1.82, 2.24) is 0 Å². The summed E-state index contributed by atoms with van der Waals surface area (Å²) >= 11 is 0. The monoisotopic (exact) mass is 202 g/mol. The predicted octanol–water partition coefficient (Wildman–Crippen LogP) is 2.99. The van der Waals surface area contributed by atoms with E-state index >= 15 is 0 Å². The number of hydrogen-bond donors (Lipinski definition) is 1. The molecule has 14 heavy (non-hydrogen) atoms. The maximum Gasteiger partial charge on any atom is 0.0572 e. The molecule has 0 aliphatic carbocycles. The zero-order valence-corrected chi connectivity index (χ0v) is 10.2. The lowest BCUT2D eigenvalue weighted by Gasteiger charge is -2.20. The Kier molecular flexibility index (Phi) is 7.20. The molecule has 0 amide bonds. The molecule has 1 atom stereocenters. The third-order valence-electron chi connectivity index (χ3n) is 2.47. The topological polar surface area (TPSA) is 29.5 Å². The van der Waals surface area contributed by atoms with Crippen LogP contribution < -0.4 is 0 Å². The van der Waals surface area contributed by atoms with E-state index in [2.05, 4.69) is 20.8 Å². The third kappa shape index (κ3) is 8.52. The van der Waals surface area contributed by atoms with E-state index in [-0.39, 0.29) is 6.61 Å². The highest BCUT2D eigenvalue weighted by atomic mass is 16.5. The number of aliphatic hydroxyl groups is 1. The molecule has 0 aliphatic heterocycles. The Bertz CT molecular complexity index is 127. The van der Waals surface area contributed by atoms with Gasteiger partial charge in [-0.25, -0.2) is 0 Å². The first-order valence-electron chi connectivity index (χ1n) is 5.63. The molecule has 0 spiro atoms. The van der Waals surface area contributed by atoms with Crippen molar-refractivity contribution in [2.75, 3.05) is 13.7 Å². The number of aliphatic hydroxyl groups excluding tert-OH is 1. The summed E-state index contributed by atoms with van der Waals surface area (Å²) in [6.07, 6.45) is 5.75. The fourth-order valence-corrected chi connectivity index (χ4v) is 1.56. The minimum absolute atomic E-state index is 0.277. The van der Waals surface area contributed by atoms with Crippen LogP contribution in [0.15, 0.2) is 0 Å². The summed E-state index contributed by atoms with van der Waals surface area (Å²) in [5.74, 6) is 0. The fourth-order valence-electron chi connectivity index (χ4n) is 1.56. The van der Waals surface area contributed by atoms with Crippen molar-refractivity contribution in [1.29, 1.82) is 0 Å². The molecule has 2 heteroatoms. The van der Waals surface area contributed by atoms with E-state index < -0.39 is 0 Å². The molecule has 0 aromatic carbocycles. The zero-order valence-electron chi connectivity index (χ0n) is 10.2. The van der Waals surface area contributed by atoms with E-state index in [1.54, 1.807) is 7.11 Å². The Morgan fingerprint density at radius 3 is 2.14 bits per heavy atom. The van der Waals surface area contributed by atoms with E-state index in [1.165, 1.54) is 12.8 Å². The molecule has 0 aliphatic rings. The van der Waals surface area contributed by atoms with Crippen molar-refractivity contribution in [2.24, 2.45) is 5.41 Å². The Morgan fingerprint density at radius 2 is 1.71 bits per heavy atom. The summed E-state index contributed by atoms with van der Waals surface area (Å²) in [4.78, 5) is 0. The Morgan fingerprint density at radius 1 is 1.14 bits per heavy atom. The first-order valence-corrected chi connectivity index (χ1v) is 5.63. The lowest BCUT2D eigenvalue weighted by atomic mass is 9.89. The Hall–Kier alpha value is -0.0800. The average molecular weight is 202 g/mol. The number of rotatable bonds is 7. The van der Waals surface area contributed by atoms with E-state index in [1.807, 2.05) is 0 Å². The first kappa shape index (κ1) is 13.9. The van der Waals surface area contributed by atoms with Crippen molar-refractivity contribution < 1.29 is 9.84 Å². The van der Waals surface area contributed by atoms with Crippen molar-refractivity contribution >= 4 is 0 Å². The van der Waals surface area contributed by atoms with Crippen LogP contribution in [-0.4, -0.2) is 24.9 Å². The zero-order chi connectivity index (χ0) is 11.0. The van der Waals surface area contributed by atoms with Crippen LogP contribution in [-0.2, 0) is 4.74 Å². The van der Waals surface area contributed by atoms with Gasteiger partial charge < -0.3 is 9.84 Å². The molecule has 0 unspecified atom stereocenters. The molecule has 0 radical (unpaired) electrons. The molecule has 0 fully saturated rings. The minimum atomic E-state index is 0.277. The van der Waals surface area contributed by atoms with E-state index in [0.717, 1.165) is 19.3 Å². The highest BCUT2D eigenvalue weighted by Crippen LogP contribution is 2.23. The quantitative estimate of drug-likeness (QED) is 0.687. The SMILES string of the molecule is CO[C@H](CCCO)CCCC(C)(C)C.